The van der Waals surface area contributed by atoms with Gasteiger partial charge >= 0.3 is 0 Å². The average Bonchev–Trinajstić information content (AvgIpc) is 3.01. The lowest BCUT2D eigenvalue weighted by atomic mass is 10.1. The van der Waals surface area contributed by atoms with Crippen LogP contribution in [-0.4, -0.2) is 56.4 Å². The largest absolute Gasteiger partial charge is 0.379 e. The van der Waals surface area contributed by atoms with E-state index in [1.807, 2.05) is 0 Å². The number of nitrogens with zero attached hydrogens (tertiary/aromatic N) is 5. The molecule has 2 aliphatic heterocycles. The summed E-state index contributed by atoms with van der Waals surface area (Å²) >= 11 is 0. The number of hydrogen-bond acceptors (Lipinski definition) is 8. The third-order valence-corrected chi connectivity index (χ3v) is 5.17. The molecule has 0 unspecified atom stereocenters. The number of ether oxygens (including phenoxy) is 1. The van der Waals surface area contributed by atoms with E-state index in [-0.39, 0.29) is 22.7 Å². The summed E-state index contributed by atoms with van der Waals surface area (Å²) in [6.45, 7) is 3.59. The Balaban J connectivity index is 1.62. The highest BCUT2D eigenvalue weighted by Crippen LogP contribution is 2.29. The number of aromatic nitrogens is 3. The second-order valence-electron chi connectivity index (χ2n) is 6.97. The fourth-order valence-corrected chi connectivity index (χ4v) is 3.73. The number of pyridine rings is 1. The number of nitro benzene ring substituents is 1. The summed E-state index contributed by atoms with van der Waals surface area (Å²) in [7, 11) is 0. The highest BCUT2D eigenvalue weighted by atomic mass is 16.6. The van der Waals surface area contributed by atoms with Crippen LogP contribution in [0.3, 0.4) is 0 Å². The molecule has 4 heterocycles. The molecule has 0 atom stereocenters. The summed E-state index contributed by atoms with van der Waals surface area (Å²) in [6.07, 6.45) is 1.65. The van der Waals surface area contributed by atoms with E-state index in [9.17, 15) is 19.7 Å². The van der Waals surface area contributed by atoms with Crippen LogP contribution in [0, 0.1) is 10.1 Å². The fraction of sp³-hybridized carbons (Fsp3) is 0.263. The minimum atomic E-state index is -0.581. The van der Waals surface area contributed by atoms with E-state index in [1.54, 1.807) is 12.3 Å². The van der Waals surface area contributed by atoms with E-state index < -0.39 is 16.3 Å². The van der Waals surface area contributed by atoms with Gasteiger partial charge in [-0.2, -0.15) is 0 Å². The molecule has 0 spiro atoms. The Morgan fingerprint density at radius 3 is 2.72 bits per heavy atom. The van der Waals surface area contributed by atoms with Crippen molar-refractivity contribution in [3.8, 4) is 5.69 Å². The van der Waals surface area contributed by atoms with Gasteiger partial charge in [0, 0.05) is 38.0 Å². The molecule has 0 saturated carbocycles. The zero-order valence-electron chi connectivity index (χ0n) is 15.2. The maximum atomic E-state index is 13.2. The lowest BCUT2D eigenvalue weighted by molar-refractivity contribution is -0.384. The van der Waals surface area contributed by atoms with Crippen molar-refractivity contribution in [2.24, 2.45) is 0 Å². The molecule has 1 aromatic carbocycles. The lowest BCUT2D eigenvalue weighted by Gasteiger charge is -2.26. The molecule has 10 heteroatoms. The van der Waals surface area contributed by atoms with Crippen LogP contribution in [0.1, 0.15) is 21.7 Å². The smallest absolute Gasteiger partial charge is 0.270 e. The van der Waals surface area contributed by atoms with Gasteiger partial charge in [-0.05, 0) is 17.7 Å². The first-order valence-corrected chi connectivity index (χ1v) is 9.08. The Kier molecular flexibility index (Phi) is 3.96. The second-order valence-corrected chi connectivity index (χ2v) is 6.97. The molecule has 2 aromatic heterocycles. The number of carbonyl (C=O) groups excluding carboxylic acids is 1. The third kappa shape index (κ3) is 2.80. The minimum Gasteiger partial charge on any atom is -0.379 e. The highest BCUT2D eigenvalue weighted by Gasteiger charge is 2.32. The van der Waals surface area contributed by atoms with Crippen LogP contribution < -0.4 is 5.56 Å². The molecule has 146 valence electrons. The van der Waals surface area contributed by atoms with Crippen LogP contribution in [0.5, 0.6) is 0 Å². The molecule has 5 rings (SSSR count). The number of morpholine rings is 1. The first-order chi connectivity index (χ1) is 14.0. The van der Waals surface area contributed by atoms with Crippen LogP contribution >= 0.6 is 0 Å². The molecule has 10 nitrogen and oxygen atoms in total. The molecule has 0 aliphatic carbocycles. The number of nitro groups is 1. The first-order valence-electron chi connectivity index (χ1n) is 9.08. The van der Waals surface area contributed by atoms with Crippen molar-refractivity contribution in [1.82, 2.24) is 19.4 Å². The predicted molar refractivity (Wildman–Crippen MR) is 101 cm³/mol. The van der Waals surface area contributed by atoms with Gasteiger partial charge in [-0.3, -0.25) is 29.2 Å². The van der Waals surface area contributed by atoms with Gasteiger partial charge in [0.15, 0.2) is 11.5 Å². The lowest BCUT2D eigenvalue weighted by Crippen LogP contribution is -2.35. The zero-order chi connectivity index (χ0) is 20.1. The van der Waals surface area contributed by atoms with E-state index in [0.29, 0.717) is 30.8 Å². The van der Waals surface area contributed by atoms with E-state index in [4.69, 9.17) is 4.74 Å². The quantitative estimate of drug-likeness (QED) is 0.374. The Labute approximate surface area is 163 Å². The second kappa shape index (κ2) is 6.54. The van der Waals surface area contributed by atoms with E-state index in [1.165, 1.54) is 22.8 Å². The standard InChI is InChI=1S/C19H15N5O5/c25-16-13-8-12(24(27)28)1-2-15(13)23-18(16)21-17-14(19(23)26)7-11(9-20-17)10-22-3-5-29-6-4-22/h1-2,7-9H,3-6,10H2. The summed E-state index contributed by atoms with van der Waals surface area (Å²) in [5, 5.41) is 11.3. The molecule has 0 radical (unpaired) electrons. The van der Waals surface area contributed by atoms with Gasteiger partial charge < -0.3 is 4.74 Å². The van der Waals surface area contributed by atoms with Crippen LogP contribution in [0.25, 0.3) is 16.7 Å². The average molecular weight is 393 g/mol. The number of non-ortho nitro benzene ring substituents is 1. The van der Waals surface area contributed by atoms with Gasteiger partial charge in [0.25, 0.3) is 11.2 Å². The Bertz CT molecular complexity index is 1250. The molecule has 29 heavy (non-hydrogen) atoms. The number of hydrogen-bond donors (Lipinski definition) is 0. The maximum Gasteiger partial charge on any atom is 0.270 e. The third-order valence-electron chi connectivity index (χ3n) is 5.17. The van der Waals surface area contributed by atoms with Crippen molar-refractivity contribution < 1.29 is 14.5 Å². The molecule has 1 fully saturated rings. The molecular formula is C19H15N5O5. The van der Waals surface area contributed by atoms with Crippen LogP contribution in [0.4, 0.5) is 5.69 Å². The van der Waals surface area contributed by atoms with Gasteiger partial charge in [0.05, 0.1) is 34.8 Å². The van der Waals surface area contributed by atoms with Crippen molar-refractivity contribution in [3.05, 3.63) is 67.9 Å². The number of fused-ring (bicyclic) bond motifs is 4. The number of carbonyl (C=O) groups is 1. The van der Waals surface area contributed by atoms with Crippen molar-refractivity contribution >= 4 is 22.5 Å². The summed E-state index contributed by atoms with van der Waals surface area (Å²) in [5.74, 6) is -0.603. The van der Waals surface area contributed by atoms with Crippen LogP contribution in [0.15, 0.2) is 35.3 Å². The topological polar surface area (TPSA) is 120 Å². The predicted octanol–water partition coefficient (Wildman–Crippen LogP) is 1.07. The molecule has 0 amide bonds. The molecule has 0 N–H and O–H groups in total. The Morgan fingerprint density at radius 2 is 1.97 bits per heavy atom. The van der Waals surface area contributed by atoms with Gasteiger partial charge in [0.2, 0.25) is 5.78 Å². The van der Waals surface area contributed by atoms with Gasteiger partial charge in [0.1, 0.15) is 0 Å². The zero-order valence-corrected chi connectivity index (χ0v) is 15.2. The Morgan fingerprint density at radius 1 is 1.17 bits per heavy atom. The highest BCUT2D eigenvalue weighted by molar-refractivity contribution is 6.13. The van der Waals surface area contributed by atoms with Gasteiger partial charge in [-0.15, -0.1) is 0 Å². The SMILES string of the molecule is O=C1c2cc([N+](=O)[O-])ccc2-n2c1nc1ncc(CN3CCOCC3)cc1c2=O. The molecular weight excluding hydrogens is 378 g/mol. The Hall–Kier alpha value is -3.50. The summed E-state index contributed by atoms with van der Waals surface area (Å²) in [5.41, 5.74) is 0.812. The maximum absolute atomic E-state index is 13.2. The summed E-state index contributed by atoms with van der Waals surface area (Å²) in [6, 6.07) is 5.59. The van der Waals surface area contributed by atoms with Crippen LogP contribution in [-0.2, 0) is 11.3 Å². The molecule has 0 bridgehead atoms. The van der Waals surface area contributed by atoms with Crippen LogP contribution in [0.2, 0.25) is 0 Å². The fourth-order valence-electron chi connectivity index (χ4n) is 3.73. The molecule has 2 aliphatic rings. The number of ketones is 1. The van der Waals surface area contributed by atoms with Crippen molar-refractivity contribution in [2.75, 3.05) is 26.3 Å². The van der Waals surface area contributed by atoms with Crippen molar-refractivity contribution in [1.29, 1.82) is 0 Å². The monoisotopic (exact) mass is 393 g/mol. The van der Waals surface area contributed by atoms with Crippen molar-refractivity contribution in [2.45, 2.75) is 6.54 Å². The molecule has 3 aromatic rings. The van der Waals surface area contributed by atoms with E-state index >= 15 is 0 Å². The van der Waals surface area contributed by atoms with E-state index in [0.717, 1.165) is 18.7 Å². The number of rotatable bonds is 3. The van der Waals surface area contributed by atoms with Gasteiger partial charge in [-0.1, -0.05) is 0 Å². The molecule has 1 saturated heterocycles. The van der Waals surface area contributed by atoms with Gasteiger partial charge in [-0.25, -0.2) is 9.97 Å². The first kappa shape index (κ1) is 17.6. The summed E-state index contributed by atoms with van der Waals surface area (Å²) in [4.78, 5) is 47.1. The van der Waals surface area contributed by atoms with E-state index in [2.05, 4.69) is 14.9 Å². The normalized spacial score (nSPS) is 16.1. The minimum absolute atomic E-state index is 0.0774. The summed E-state index contributed by atoms with van der Waals surface area (Å²) < 4.78 is 6.56. The number of benzene rings is 1. The van der Waals surface area contributed by atoms with Crippen molar-refractivity contribution in [3.63, 3.8) is 0 Å².